The van der Waals surface area contributed by atoms with Crippen LogP contribution in [-0.2, 0) is 4.43 Å². The van der Waals surface area contributed by atoms with Crippen LogP contribution in [0, 0.1) is 0 Å². The highest BCUT2D eigenvalue weighted by Gasteiger charge is 2.51. The quantitative estimate of drug-likeness (QED) is 0.318. The highest BCUT2D eigenvalue weighted by Crippen LogP contribution is 2.43. The smallest absolute Gasteiger partial charge is 0.261 e. The van der Waals surface area contributed by atoms with Crippen molar-refractivity contribution >= 4 is 35.5 Å². The van der Waals surface area contributed by atoms with Crippen LogP contribution >= 0.6 is 0 Å². The Morgan fingerprint density at radius 3 is 1.81 bits per heavy atom. The van der Waals surface area contributed by atoms with E-state index in [4.69, 9.17) is 4.43 Å². The van der Waals surface area contributed by atoms with Gasteiger partial charge >= 0.3 is 0 Å². The van der Waals surface area contributed by atoms with Crippen molar-refractivity contribution in [3.63, 3.8) is 0 Å². The molecule has 32 heavy (non-hydrogen) atoms. The van der Waals surface area contributed by atoms with Crippen LogP contribution in [0.5, 0.6) is 0 Å². The van der Waals surface area contributed by atoms with E-state index < -0.39 is 8.32 Å². The molecule has 0 spiro atoms. The van der Waals surface area contributed by atoms with E-state index in [1.807, 2.05) is 0 Å². The van der Waals surface area contributed by atoms with Crippen LogP contribution in [0.1, 0.15) is 44.4 Å². The maximum atomic E-state index is 7.48. The Kier molecular flexibility index (Phi) is 5.36. The van der Waals surface area contributed by atoms with Gasteiger partial charge in [0, 0.05) is 0 Å². The summed E-state index contributed by atoms with van der Waals surface area (Å²) in [7, 11) is -2.61. The van der Waals surface area contributed by atoms with Crippen LogP contribution in [0.4, 0.5) is 0 Å². The van der Waals surface area contributed by atoms with Crippen LogP contribution < -0.4 is 10.4 Å². The Balaban J connectivity index is 1.70. The molecule has 2 heteroatoms. The van der Waals surface area contributed by atoms with Crippen molar-refractivity contribution in [3.05, 3.63) is 114 Å². The van der Waals surface area contributed by atoms with Gasteiger partial charge in [-0.3, -0.25) is 0 Å². The Morgan fingerprint density at radius 2 is 1.25 bits per heavy atom. The van der Waals surface area contributed by atoms with Crippen molar-refractivity contribution in [2.24, 2.45) is 0 Å². The molecule has 1 nitrogen and oxygen atoms in total. The second-order valence-electron chi connectivity index (χ2n) is 9.74. The first-order chi connectivity index (χ1) is 15.5. The Bertz CT molecular complexity index is 1210. The summed E-state index contributed by atoms with van der Waals surface area (Å²) < 4.78 is 7.48. The standard InChI is InChI=1S/C30H30OSi/c1-30(2,3)32(26-16-6-4-7-17-26,27-18-8-5-9-19-27)31-29-20-12-15-25-21-23-13-10-11-14-24(23)22-28(25)29/h4-19,21-22,29H,20H2,1-3H3. The molecule has 1 atom stereocenters. The molecule has 0 fully saturated rings. The van der Waals surface area contributed by atoms with Gasteiger partial charge in [-0.05, 0) is 55.9 Å². The third kappa shape index (κ3) is 3.54. The number of hydrogen-bond acceptors (Lipinski definition) is 1. The molecule has 0 bridgehead atoms. The molecule has 4 aromatic rings. The van der Waals surface area contributed by atoms with Crippen LogP contribution in [-0.4, -0.2) is 8.32 Å². The zero-order chi connectivity index (χ0) is 22.2. The van der Waals surface area contributed by atoms with Crippen molar-refractivity contribution in [2.45, 2.75) is 38.3 Å². The molecule has 1 aliphatic carbocycles. The molecule has 4 aromatic carbocycles. The minimum absolute atomic E-state index is 0.0333. The van der Waals surface area contributed by atoms with Gasteiger partial charge in [-0.15, -0.1) is 0 Å². The molecule has 5 rings (SSSR count). The van der Waals surface area contributed by atoms with E-state index in [2.05, 4.69) is 130 Å². The van der Waals surface area contributed by atoms with E-state index in [9.17, 15) is 0 Å². The summed E-state index contributed by atoms with van der Waals surface area (Å²) in [6.07, 6.45) is 5.47. The lowest BCUT2D eigenvalue weighted by Gasteiger charge is -2.45. The molecule has 0 amide bonds. The lowest BCUT2D eigenvalue weighted by molar-refractivity contribution is 0.193. The van der Waals surface area contributed by atoms with E-state index >= 15 is 0 Å². The number of benzene rings is 4. The first-order valence-corrected chi connectivity index (χ1v) is 13.4. The van der Waals surface area contributed by atoms with Crippen molar-refractivity contribution in [3.8, 4) is 0 Å². The third-order valence-electron chi connectivity index (χ3n) is 6.68. The maximum Gasteiger partial charge on any atom is 0.261 e. The van der Waals surface area contributed by atoms with Gasteiger partial charge in [0.1, 0.15) is 0 Å². The second kappa shape index (κ2) is 8.20. The lowest BCUT2D eigenvalue weighted by Crippen LogP contribution is -2.66. The van der Waals surface area contributed by atoms with Gasteiger partial charge < -0.3 is 4.43 Å². The summed E-state index contributed by atoms with van der Waals surface area (Å²) in [6, 6.07) is 35.1. The van der Waals surface area contributed by atoms with E-state index in [1.165, 1.54) is 32.3 Å². The minimum atomic E-state index is -2.61. The monoisotopic (exact) mass is 434 g/mol. The molecule has 0 saturated heterocycles. The van der Waals surface area contributed by atoms with Gasteiger partial charge in [0.15, 0.2) is 0 Å². The first-order valence-electron chi connectivity index (χ1n) is 11.5. The molecular weight excluding hydrogens is 404 g/mol. The van der Waals surface area contributed by atoms with E-state index in [0.717, 1.165) is 6.42 Å². The molecule has 1 aliphatic rings. The van der Waals surface area contributed by atoms with Gasteiger partial charge in [0.2, 0.25) is 0 Å². The van der Waals surface area contributed by atoms with E-state index in [1.54, 1.807) is 0 Å². The van der Waals surface area contributed by atoms with Crippen LogP contribution in [0.2, 0.25) is 5.04 Å². The fourth-order valence-corrected chi connectivity index (χ4v) is 9.83. The minimum Gasteiger partial charge on any atom is -0.400 e. The molecule has 0 saturated carbocycles. The largest absolute Gasteiger partial charge is 0.400 e. The van der Waals surface area contributed by atoms with Crippen LogP contribution in [0.15, 0.2) is 103 Å². The van der Waals surface area contributed by atoms with Gasteiger partial charge in [-0.2, -0.15) is 0 Å². The fraction of sp³-hybridized carbons (Fsp3) is 0.200. The normalized spacial score (nSPS) is 16.2. The Hall–Kier alpha value is -2.94. The van der Waals surface area contributed by atoms with E-state index in [-0.39, 0.29) is 11.1 Å². The topological polar surface area (TPSA) is 9.23 Å². The van der Waals surface area contributed by atoms with Crippen LogP contribution in [0.25, 0.3) is 16.8 Å². The van der Waals surface area contributed by atoms with Crippen LogP contribution in [0.3, 0.4) is 0 Å². The number of fused-ring (bicyclic) bond motifs is 2. The van der Waals surface area contributed by atoms with Crippen molar-refractivity contribution in [1.29, 1.82) is 0 Å². The summed E-state index contributed by atoms with van der Waals surface area (Å²) in [5.41, 5.74) is 2.58. The Labute approximate surface area is 192 Å². The molecule has 0 N–H and O–H groups in total. The van der Waals surface area contributed by atoms with Crippen molar-refractivity contribution in [1.82, 2.24) is 0 Å². The average Bonchev–Trinajstić information content (AvgIpc) is 2.81. The number of rotatable bonds is 4. The predicted octanol–water partition coefficient (Wildman–Crippen LogP) is 6.87. The fourth-order valence-electron chi connectivity index (χ4n) is 5.16. The molecule has 160 valence electrons. The Morgan fingerprint density at radius 1 is 0.719 bits per heavy atom. The molecule has 1 unspecified atom stereocenters. The van der Waals surface area contributed by atoms with E-state index in [0.29, 0.717) is 0 Å². The molecule has 0 radical (unpaired) electrons. The van der Waals surface area contributed by atoms with Gasteiger partial charge in [0.05, 0.1) is 6.10 Å². The highest BCUT2D eigenvalue weighted by atomic mass is 28.4. The molecule has 0 aliphatic heterocycles. The lowest BCUT2D eigenvalue weighted by atomic mass is 9.92. The zero-order valence-electron chi connectivity index (χ0n) is 19.1. The summed E-state index contributed by atoms with van der Waals surface area (Å²) in [4.78, 5) is 0. The summed E-state index contributed by atoms with van der Waals surface area (Å²) >= 11 is 0. The highest BCUT2D eigenvalue weighted by molar-refractivity contribution is 6.99. The van der Waals surface area contributed by atoms with Gasteiger partial charge in [-0.1, -0.05) is 118 Å². The first kappa shape index (κ1) is 20.9. The van der Waals surface area contributed by atoms with Gasteiger partial charge in [-0.25, -0.2) is 0 Å². The average molecular weight is 435 g/mol. The molecule has 0 aromatic heterocycles. The summed E-state index contributed by atoms with van der Waals surface area (Å²) in [5.74, 6) is 0. The zero-order valence-corrected chi connectivity index (χ0v) is 20.1. The predicted molar refractivity (Wildman–Crippen MR) is 139 cm³/mol. The summed E-state index contributed by atoms with van der Waals surface area (Å²) in [6.45, 7) is 7.04. The maximum absolute atomic E-state index is 7.48. The second-order valence-corrected chi connectivity index (χ2v) is 14.0. The molecule has 0 heterocycles. The number of hydrogen-bond donors (Lipinski definition) is 0. The van der Waals surface area contributed by atoms with Gasteiger partial charge in [0.25, 0.3) is 8.32 Å². The summed E-state index contributed by atoms with van der Waals surface area (Å²) in [5, 5.41) is 5.18. The van der Waals surface area contributed by atoms with Crippen molar-refractivity contribution in [2.75, 3.05) is 0 Å². The third-order valence-corrected chi connectivity index (χ3v) is 11.7. The van der Waals surface area contributed by atoms with Crippen molar-refractivity contribution < 1.29 is 4.43 Å². The SMILES string of the molecule is CC(C)(C)[Si](OC1CC=Cc2cc3ccccc3cc21)(c1ccccc1)c1ccccc1. The molecular formula is C30H30OSi.